The molecule has 1 saturated carbocycles. The van der Waals surface area contributed by atoms with Crippen molar-refractivity contribution in [2.24, 2.45) is 11.8 Å². The Morgan fingerprint density at radius 2 is 1.85 bits per heavy atom. The second kappa shape index (κ2) is 6.26. The summed E-state index contributed by atoms with van der Waals surface area (Å²) < 4.78 is 19.3. The molecule has 3 rings (SSSR count). The molecule has 1 nitrogen and oxygen atoms in total. The first-order valence-electron chi connectivity index (χ1n) is 8.09. The van der Waals surface area contributed by atoms with Gasteiger partial charge in [0.05, 0.1) is 6.10 Å². The van der Waals surface area contributed by atoms with Gasteiger partial charge >= 0.3 is 0 Å². The van der Waals surface area contributed by atoms with Crippen molar-refractivity contribution < 1.29 is 9.13 Å². The summed E-state index contributed by atoms with van der Waals surface area (Å²) in [5, 5.41) is 0. The van der Waals surface area contributed by atoms with E-state index in [2.05, 4.69) is 13.0 Å². The average Bonchev–Trinajstić information content (AvgIpc) is 2.48. The maximum Gasteiger partial charge on any atom is 0.123 e. The fourth-order valence-electron chi connectivity index (χ4n) is 3.86. The molecule has 0 bridgehead atoms. The number of benzene rings is 1. The third-order valence-electron chi connectivity index (χ3n) is 5.16. The summed E-state index contributed by atoms with van der Waals surface area (Å²) in [6, 6.07) is 7.16. The Bertz CT molecular complexity index is 429. The molecule has 1 heterocycles. The van der Waals surface area contributed by atoms with Crippen LogP contribution in [0.2, 0.25) is 0 Å². The number of halogens is 1. The lowest BCUT2D eigenvalue weighted by atomic mass is 9.75. The molecular weight excluding hydrogens is 251 g/mol. The highest BCUT2D eigenvalue weighted by atomic mass is 19.1. The molecule has 2 unspecified atom stereocenters. The fraction of sp³-hybridized carbons (Fsp3) is 0.667. The van der Waals surface area contributed by atoms with Crippen LogP contribution in [-0.2, 0) is 4.74 Å². The maximum absolute atomic E-state index is 13.3. The van der Waals surface area contributed by atoms with E-state index in [1.54, 1.807) is 6.07 Å². The molecule has 0 spiro atoms. The van der Waals surface area contributed by atoms with Crippen molar-refractivity contribution in [1.82, 2.24) is 0 Å². The minimum Gasteiger partial charge on any atom is -0.378 e. The van der Waals surface area contributed by atoms with Gasteiger partial charge in [0.2, 0.25) is 0 Å². The van der Waals surface area contributed by atoms with Gasteiger partial charge in [0.15, 0.2) is 0 Å². The first-order chi connectivity index (χ1) is 9.72. The van der Waals surface area contributed by atoms with Crippen LogP contribution in [0.25, 0.3) is 0 Å². The van der Waals surface area contributed by atoms with E-state index in [-0.39, 0.29) is 5.82 Å². The van der Waals surface area contributed by atoms with E-state index < -0.39 is 0 Å². The molecule has 110 valence electrons. The van der Waals surface area contributed by atoms with Gasteiger partial charge in [0.1, 0.15) is 5.82 Å². The SMILES string of the molecule is CC1CCC(C2CCC(c3cccc(F)c3)CC2)OC1. The van der Waals surface area contributed by atoms with E-state index >= 15 is 0 Å². The Hall–Kier alpha value is -0.890. The Morgan fingerprint density at radius 3 is 2.50 bits per heavy atom. The van der Waals surface area contributed by atoms with Crippen molar-refractivity contribution in [3.63, 3.8) is 0 Å². The third kappa shape index (κ3) is 3.22. The molecule has 20 heavy (non-hydrogen) atoms. The van der Waals surface area contributed by atoms with Gasteiger partial charge in [-0.3, -0.25) is 0 Å². The molecule has 1 aliphatic heterocycles. The minimum absolute atomic E-state index is 0.103. The van der Waals surface area contributed by atoms with Gasteiger partial charge in [-0.15, -0.1) is 0 Å². The van der Waals surface area contributed by atoms with E-state index in [9.17, 15) is 4.39 Å². The number of ether oxygens (including phenoxy) is 1. The van der Waals surface area contributed by atoms with Crippen LogP contribution in [0.4, 0.5) is 4.39 Å². The lowest BCUT2D eigenvalue weighted by Gasteiger charge is -2.37. The Morgan fingerprint density at radius 1 is 1.05 bits per heavy atom. The van der Waals surface area contributed by atoms with Crippen LogP contribution >= 0.6 is 0 Å². The summed E-state index contributed by atoms with van der Waals surface area (Å²) >= 11 is 0. The molecule has 1 aromatic carbocycles. The van der Waals surface area contributed by atoms with Crippen molar-refractivity contribution >= 4 is 0 Å². The Kier molecular flexibility index (Phi) is 4.40. The van der Waals surface area contributed by atoms with Crippen molar-refractivity contribution in [2.45, 2.75) is 57.5 Å². The zero-order valence-corrected chi connectivity index (χ0v) is 12.4. The van der Waals surface area contributed by atoms with Gasteiger partial charge in [-0.25, -0.2) is 4.39 Å². The van der Waals surface area contributed by atoms with E-state index in [1.807, 2.05) is 6.07 Å². The monoisotopic (exact) mass is 276 g/mol. The number of rotatable bonds is 2. The smallest absolute Gasteiger partial charge is 0.123 e. The molecule has 0 aromatic heterocycles. The predicted molar refractivity (Wildman–Crippen MR) is 79.2 cm³/mol. The summed E-state index contributed by atoms with van der Waals surface area (Å²) in [7, 11) is 0. The second-order valence-corrected chi connectivity index (χ2v) is 6.72. The molecular formula is C18H25FO. The van der Waals surface area contributed by atoms with Crippen LogP contribution in [0.15, 0.2) is 24.3 Å². The third-order valence-corrected chi connectivity index (χ3v) is 5.16. The van der Waals surface area contributed by atoms with Crippen LogP contribution in [0, 0.1) is 17.7 Å². The van der Waals surface area contributed by atoms with Crippen molar-refractivity contribution in [3.8, 4) is 0 Å². The summed E-state index contributed by atoms with van der Waals surface area (Å²) in [5.74, 6) is 1.90. The van der Waals surface area contributed by atoms with E-state index in [4.69, 9.17) is 4.74 Å². The Labute approximate surface area is 121 Å². The number of hydrogen-bond acceptors (Lipinski definition) is 1. The lowest BCUT2D eigenvalue weighted by Crippen LogP contribution is -2.33. The molecule has 1 saturated heterocycles. The van der Waals surface area contributed by atoms with E-state index in [0.717, 1.165) is 18.4 Å². The topological polar surface area (TPSA) is 9.23 Å². The summed E-state index contributed by atoms with van der Waals surface area (Å²) in [6.45, 7) is 3.21. The van der Waals surface area contributed by atoms with Crippen LogP contribution in [0.3, 0.4) is 0 Å². The largest absolute Gasteiger partial charge is 0.378 e. The van der Waals surface area contributed by atoms with Crippen molar-refractivity contribution in [1.29, 1.82) is 0 Å². The van der Waals surface area contributed by atoms with Crippen LogP contribution in [-0.4, -0.2) is 12.7 Å². The highest BCUT2D eigenvalue weighted by molar-refractivity contribution is 5.21. The van der Waals surface area contributed by atoms with E-state index in [0.29, 0.717) is 12.0 Å². The molecule has 1 aromatic rings. The molecule has 2 fully saturated rings. The van der Waals surface area contributed by atoms with Gasteiger partial charge in [0.25, 0.3) is 0 Å². The highest BCUT2D eigenvalue weighted by Gasteiger charge is 2.31. The highest BCUT2D eigenvalue weighted by Crippen LogP contribution is 2.39. The maximum atomic E-state index is 13.3. The second-order valence-electron chi connectivity index (χ2n) is 6.72. The normalized spacial score (nSPS) is 34.9. The predicted octanol–water partition coefficient (Wildman–Crippen LogP) is 4.91. The van der Waals surface area contributed by atoms with Gasteiger partial charge in [-0.2, -0.15) is 0 Å². The average molecular weight is 276 g/mol. The quantitative estimate of drug-likeness (QED) is 0.745. The molecule has 2 atom stereocenters. The van der Waals surface area contributed by atoms with Crippen LogP contribution in [0.5, 0.6) is 0 Å². The zero-order valence-electron chi connectivity index (χ0n) is 12.4. The molecule has 0 amide bonds. The summed E-state index contributed by atoms with van der Waals surface area (Å²) in [4.78, 5) is 0. The summed E-state index contributed by atoms with van der Waals surface area (Å²) in [6.07, 6.45) is 7.87. The molecule has 1 aliphatic carbocycles. The molecule has 0 N–H and O–H groups in total. The molecule has 2 aliphatic rings. The fourth-order valence-corrected chi connectivity index (χ4v) is 3.86. The van der Waals surface area contributed by atoms with Gasteiger partial charge in [-0.05, 0) is 74.0 Å². The van der Waals surface area contributed by atoms with Crippen molar-refractivity contribution in [3.05, 3.63) is 35.6 Å². The Balaban J connectivity index is 1.54. The minimum atomic E-state index is -0.103. The molecule has 2 heteroatoms. The van der Waals surface area contributed by atoms with E-state index in [1.165, 1.54) is 50.2 Å². The summed E-state index contributed by atoms with van der Waals surface area (Å²) in [5.41, 5.74) is 1.18. The van der Waals surface area contributed by atoms with Gasteiger partial charge < -0.3 is 4.74 Å². The number of hydrogen-bond donors (Lipinski definition) is 0. The lowest BCUT2D eigenvalue weighted by molar-refractivity contribution is -0.0523. The standard InChI is InChI=1S/C18H25FO/c1-13-5-10-18(20-12-13)15-8-6-14(7-9-15)16-3-2-4-17(19)11-16/h2-4,11,13-15,18H,5-10,12H2,1H3. The first-order valence-corrected chi connectivity index (χ1v) is 8.09. The van der Waals surface area contributed by atoms with Crippen LogP contribution < -0.4 is 0 Å². The van der Waals surface area contributed by atoms with Gasteiger partial charge in [-0.1, -0.05) is 19.1 Å². The van der Waals surface area contributed by atoms with Gasteiger partial charge in [0, 0.05) is 6.61 Å². The molecule has 0 radical (unpaired) electrons. The van der Waals surface area contributed by atoms with Crippen molar-refractivity contribution in [2.75, 3.05) is 6.61 Å². The zero-order chi connectivity index (χ0) is 13.9. The first kappa shape index (κ1) is 14.1. The van der Waals surface area contributed by atoms with Crippen LogP contribution in [0.1, 0.15) is 56.9 Å².